The van der Waals surface area contributed by atoms with Crippen LogP contribution in [-0.2, 0) is 6.54 Å². The molecule has 1 aromatic carbocycles. The van der Waals surface area contributed by atoms with Gasteiger partial charge in [0.1, 0.15) is 5.76 Å². The number of anilines is 1. The molecule has 0 atom stereocenters. The number of aryl methyl sites for hydroxylation is 1. The lowest BCUT2D eigenvalue weighted by molar-refractivity contribution is 0.0827. The second-order valence-corrected chi connectivity index (χ2v) is 6.49. The molecule has 0 saturated heterocycles. The van der Waals surface area contributed by atoms with Gasteiger partial charge in [-0.15, -0.1) is 0 Å². The number of benzene rings is 1. The smallest absolute Gasteiger partial charge is 0.253 e. The molecule has 6 heteroatoms. The first-order chi connectivity index (χ1) is 9.88. The number of rotatable bonds is 4. The average molecular weight is 416 g/mol. The van der Waals surface area contributed by atoms with Crippen molar-refractivity contribution in [3.63, 3.8) is 0 Å². The summed E-state index contributed by atoms with van der Waals surface area (Å²) in [7, 11) is 3.49. The Morgan fingerprint density at radius 1 is 1.29 bits per heavy atom. The fourth-order valence-corrected chi connectivity index (χ4v) is 2.52. The van der Waals surface area contributed by atoms with Gasteiger partial charge in [0, 0.05) is 25.3 Å². The maximum absolute atomic E-state index is 12.0. The van der Waals surface area contributed by atoms with Gasteiger partial charge in [0.25, 0.3) is 5.91 Å². The number of carbonyl (C=O) groups excluding carboxylic acids is 1. The Labute approximate surface area is 140 Å². The molecule has 21 heavy (non-hydrogen) atoms. The zero-order valence-electron chi connectivity index (χ0n) is 12.0. The molecule has 0 radical (unpaired) electrons. The summed E-state index contributed by atoms with van der Waals surface area (Å²) in [6, 6.07) is 7.54. The van der Waals surface area contributed by atoms with Crippen LogP contribution in [0.5, 0.6) is 0 Å². The molecule has 0 aliphatic rings. The fraction of sp³-hybridized carbons (Fsp3) is 0.267. The Morgan fingerprint density at radius 2 is 2.00 bits per heavy atom. The van der Waals surface area contributed by atoms with Crippen molar-refractivity contribution >= 4 is 43.5 Å². The first-order valence-electron chi connectivity index (χ1n) is 6.38. The van der Waals surface area contributed by atoms with Gasteiger partial charge in [-0.25, -0.2) is 0 Å². The predicted octanol–water partition coefficient (Wildman–Crippen LogP) is 4.43. The van der Waals surface area contributed by atoms with Crippen LogP contribution in [0.25, 0.3) is 0 Å². The molecule has 112 valence electrons. The number of nitrogens with one attached hydrogen (secondary N) is 1. The maximum atomic E-state index is 12.0. The molecule has 4 nitrogen and oxygen atoms in total. The van der Waals surface area contributed by atoms with Gasteiger partial charge in [0.15, 0.2) is 4.67 Å². The van der Waals surface area contributed by atoms with E-state index in [0.717, 1.165) is 21.5 Å². The Kier molecular flexibility index (Phi) is 5.11. The summed E-state index contributed by atoms with van der Waals surface area (Å²) in [6.45, 7) is 2.55. The number of hydrogen-bond donors (Lipinski definition) is 1. The maximum Gasteiger partial charge on any atom is 0.253 e. The number of halogens is 2. The van der Waals surface area contributed by atoms with Crippen LogP contribution in [0, 0.1) is 6.92 Å². The first kappa shape index (κ1) is 16.1. The van der Waals surface area contributed by atoms with Gasteiger partial charge in [0.05, 0.1) is 11.0 Å². The summed E-state index contributed by atoms with van der Waals surface area (Å²) in [4.78, 5) is 13.6. The van der Waals surface area contributed by atoms with E-state index in [-0.39, 0.29) is 5.91 Å². The van der Waals surface area contributed by atoms with Gasteiger partial charge in [-0.2, -0.15) is 0 Å². The van der Waals surface area contributed by atoms with E-state index in [1.807, 2.05) is 31.2 Å². The number of hydrogen-bond acceptors (Lipinski definition) is 3. The Balaban J connectivity index is 2.15. The fourth-order valence-electron chi connectivity index (χ4n) is 1.86. The largest absolute Gasteiger partial charge is 0.451 e. The monoisotopic (exact) mass is 414 g/mol. The van der Waals surface area contributed by atoms with Crippen molar-refractivity contribution in [1.82, 2.24) is 4.90 Å². The van der Waals surface area contributed by atoms with Crippen molar-refractivity contribution in [1.29, 1.82) is 0 Å². The van der Waals surface area contributed by atoms with E-state index in [2.05, 4.69) is 37.2 Å². The molecule has 0 aliphatic heterocycles. The molecular formula is C15H16Br2N2O2. The molecule has 2 aromatic rings. The van der Waals surface area contributed by atoms with Crippen LogP contribution >= 0.6 is 31.9 Å². The van der Waals surface area contributed by atoms with Crippen LogP contribution in [-0.4, -0.2) is 24.9 Å². The molecule has 0 saturated carbocycles. The highest BCUT2D eigenvalue weighted by atomic mass is 79.9. The predicted molar refractivity (Wildman–Crippen MR) is 90.6 cm³/mol. The van der Waals surface area contributed by atoms with Crippen LogP contribution in [0.2, 0.25) is 0 Å². The highest BCUT2D eigenvalue weighted by Crippen LogP contribution is 2.27. The van der Waals surface area contributed by atoms with Gasteiger partial charge in [0.2, 0.25) is 0 Å². The van der Waals surface area contributed by atoms with E-state index in [1.54, 1.807) is 19.0 Å². The number of nitrogens with zero attached hydrogens (tertiary/aromatic N) is 1. The van der Waals surface area contributed by atoms with E-state index < -0.39 is 0 Å². The molecule has 0 spiro atoms. The van der Waals surface area contributed by atoms with Crippen molar-refractivity contribution in [2.24, 2.45) is 0 Å². The van der Waals surface area contributed by atoms with Crippen molar-refractivity contribution in [2.45, 2.75) is 13.5 Å². The van der Waals surface area contributed by atoms with Crippen molar-refractivity contribution in [2.75, 3.05) is 19.4 Å². The lowest BCUT2D eigenvalue weighted by atomic mass is 10.1. The van der Waals surface area contributed by atoms with Crippen LogP contribution in [0.3, 0.4) is 0 Å². The quantitative estimate of drug-likeness (QED) is 0.803. The molecule has 1 heterocycles. The third-order valence-corrected chi connectivity index (χ3v) is 4.75. The molecular weight excluding hydrogens is 400 g/mol. The second kappa shape index (κ2) is 6.66. The number of carbonyl (C=O) groups is 1. The minimum atomic E-state index is -0.0125. The minimum Gasteiger partial charge on any atom is -0.451 e. The third kappa shape index (κ3) is 3.89. The van der Waals surface area contributed by atoms with E-state index >= 15 is 0 Å². The van der Waals surface area contributed by atoms with Crippen LogP contribution in [0.15, 0.2) is 37.8 Å². The first-order valence-corrected chi connectivity index (χ1v) is 7.97. The van der Waals surface area contributed by atoms with Gasteiger partial charge in [-0.1, -0.05) is 6.07 Å². The normalized spacial score (nSPS) is 10.5. The van der Waals surface area contributed by atoms with E-state index in [1.165, 1.54) is 0 Å². The Morgan fingerprint density at radius 3 is 2.57 bits per heavy atom. The highest BCUT2D eigenvalue weighted by Gasteiger charge is 2.11. The van der Waals surface area contributed by atoms with Crippen LogP contribution in [0.4, 0.5) is 5.69 Å². The number of furan rings is 1. The zero-order valence-corrected chi connectivity index (χ0v) is 15.2. The lowest BCUT2D eigenvalue weighted by Crippen LogP contribution is -2.21. The zero-order chi connectivity index (χ0) is 15.6. The summed E-state index contributed by atoms with van der Waals surface area (Å²) in [6.07, 6.45) is 0. The Hall–Kier alpha value is -1.27. The summed E-state index contributed by atoms with van der Waals surface area (Å²) in [5, 5.41) is 3.30. The van der Waals surface area contributed by atoms with Crippen molar-refractivity contribution in [3.05, 3.63) is 50.3 Å². The summed E-state index contributed by atoms with van der Waals surface area (Å²) < 4.78 is 7.08. The molecule has 0 unspecified atom stereocenters. The highest BCUT2D eigenvalue weighted by molar-refractivity contribution is 9.13. The molecule has 1 N–H and O–H groups in total. The average Bonchev–Trinajstić information content (AvgIpc) is 2.76. The molecule has 0 aliphatic carbocycles. The van der Waals surface area contributed by atoms with Crippen molar-refractivity contribution < 1.29 is 9.21 Å². The molecule has 0 bridgehead atoms. The summed E-state index contributed by atoms with van der Waals surface area (Å²) in [5.41, 5.74) is 2.66. The standard InChI is InChI=1S/C15H16Br2N2O2/c1-9-4-5-10(15(20)19(2)3)6-13(9)18-8-11-7-12(16)14(17)21-11/h4-7,18H,8H2,1-3H3. The summed E-state index contributed by atoms with van der Waals surface area (Å²) >= 11 is 6.70. The molecule has 1 aromatic heterocycles. The Bertz CT molecular complexity index is 646. The van der Waals surface area contributed by atoms with Gasteiger partial charge < -0.3 is 14.6 Å². The van der Waals surface area contributed by atoms with E-state index in [0.29, 0.717) is 16.8 Å². The summed E-state index contributed by atoms with van der Waals surface area (Å²) in [5.74, 6) is 0.791. The van der Waals surface area contributed by atoms with Gasteiger partial charge >= 0.3 is 0 Å². The second-order valence-electron chi connectivity index (χ2n) is 4.92. The van der Waals surface area contributed by atoms with Crippen LogP contribution in [0.1, 0.15) is 21.7 Å². The van der Waals surface area contributed by atoms with E-state index in [4.69, 9.17) is 4.42 Å². The molecule has 1 amide bonds. The van der Waals surface area contributed by atoms with Crippen molar-refractivity contribution in [3.8, 4) is 0 Å². The van der Waals surface area contributed by atoms with Gasteiger partial charge in [-0.05, 0) is 62.5 Å². The topological polar surface area (TPSA) is 45.5 Å². The molecule has 0 fully saturated rings. The van der Waals surface area contributed by atoms with E-state index in [9.17, 15) is 4.79 Å². The lowest BCUT2D eigenvalue weighted by Gasteiger charge is -2.13. The third-order valence-electron chi connectivity index (χ3n) is 3.04. The van der Waals surface area contributed by atoms with Gasteiger partial charge in [-0.3, -0.25) is 4.79 Å². The minimum absolute atomic E-state index is 0.0125. The SMILES string of the molecule is Cc1ccc(C(=O)N(C)C)cc1NCc1cc(Br)c(Br)o1. The molecule has 2 rings (SSSR count). The number of amides is 1. The van der Waals surface area contributed by atoms with Crippen LogP contribution < -0.4 is 5.32 Å².